The molecule has 76 valence electrons. The maximum atomic E-state index is 6.97. The van der Waals surface area contributed by atoms with Crippen LogP contribution in [0, 0.1) is 12.3 Å². The fourth-order valence-electron chi connectivity index (χ4n) is 1.38. The molecule has 0 aliphatic rings. The Hall–Kier alpha value is -1.26. The van der Waals surface area contributed by atoms with Gasteiger partial charge < -0.3 is 6.42 Å². The van der Waals surface area contributed by atoms with E-state index in [2.05, 4.69) is 18.1 Å². The van der Waals surface area contributed by atoms with Crippen LogP contribution in [0.5, 0.6) is 0 Å². The van der Waals surface area contributed by atoms with Gasteiger partial charge in [0.15, 0.2) is 0 Å². The van der Waals surface area contributed by atoms with E-state index in [1.54, 1.807) is 0 Å². The maximum absolute atomic E-state index is 6.97. The van der Waals surface area contributed by atoms with Gasteiger partial charge in [-0.05, 0) is 11.1 Å². The summed E-state index contributed by atoms with van der Waals surface area (Å²) < 4.78 is 0. The first-order valence-electron chi connectivity index (χ1n) is 4.48. The third-order valence-corrected chi connectivity index (χ3v) is 2.14. The molecule has 0 atom stereocenters. The van der Waals surface area contributed by atoms with Crippen molar-refractivity contribution in [3.8, 4) is 17.0 Å². The predicted octanol–water partition coefficient (Wildman–Crippen LogP) is 3.29. The van der Waals surface area contributed by atoms with Gasteiger partial charge >= 0.3 is 22.4 Å². The van der Waals surface area contributed by atoms with Crippen molar-refractivity contribution >= 4 is 0 Å². The summed E-state index contributed by atoms with van der Waals surface area (Å²) in [6, 6.07) is 18.0. The molecular weight excluding hydrogens is 365 g/mol. The van der Waals surface area contributed by atoms with Gasteiger partial charge in [0.25, 0.3) is 0 Å². The molecule has 0 bridgehead atoms. The van der Waals surface area contributed by atoms with Crippen molar-refractivity contribution in [1.29, 1.82) is 0 Å². The van der Waals surface area contributed by atoms with Crippen LogP contribution in [0.1, 0.15) is 5.56 Å². The Morgan fingerprint density at radius 2 is 1.27 bits per heavy atom. The van der Waals surface area contributed by atoms with Gasteiger partial charge in [0, 0.05) is 0 Å². The fourth-order valence-corrected chi connectivity index (χ4v) is 1.38. The smallest absolute Gasteiger partial charge is 0.366 e. The molecule has 1 heteroatoms. The first-order valence-corrected chi connectivity index (χ1v) is 4.48. The summed E-state index contributed by atoms with van der Waals surface area (Å²) in [6.07, 6.45) is 6.97. The van der Waals surface area contributed by atoms with Crippen LogP contribution in [0.3, 0.4) is 0 Å². The Labute approximate surface area is 106 Å². The zero-order chi connectivity index (χ0) is 9.80. The first kappa shape index (κ1) is 11.8. The molecule has 0 heterocycles. The number of benzene rings is 2. The van der Waals surface area contributed by atoms with E-state index in [0.717, 1.165) is 5.56 Å². The van der Waals surface area contributed by atoms with Gasteiger partial charge in [-0.3, -0.25) is 5.92 Å². The summed E-state index contributed by atoms with van der Waals surface area (Å²) in [5, 5.41) is 0. The molecule has 2 rings (SSSR count). The van der Waals surface area contributed by atoms with Crippen molar-refractivity contribution in [2.45, 2.75) is 0 Å². The molecule has 2 aromatic carbocycles. The van der Waals surface area contributed by atoms with Crippen molar-refractivity contribution in [3.63, 3.8) is 0 Å². The van der Waals surface area contributed by atoms with E-state index in [0.29, 0.717) is 0 Å². The molecule has 0 saturated carbocycles. The van der Waals surface area contributed by atoms with Crippen LogP contribution in [0.2, 0.25) is 0 Å². The van der Waals surface area contributed by atoms with Crippen molar-refractivity contribution in [2.24, 2.45) is 0 Å². The quantitative estimate of drug-likeness (QED) is 0.408. The molecule has 0 saturated heterocycles. The monoisotopic (exact) mass is 374 g/mol. The van der Waals surface area contributed by atoms with Gasteiger partial charge in [-0.2, -0.15) is 0 Å². The van der Waals surface area contributed by atoms with Crippen LogP contribution in [0.25, 0.3) is 11.1 Å². The minimum absolute atomic E-state index is 0. The second kappa shape index (κ2) is 5.58. The van der Waals surface area contributed by atoms with Gasteiger partial charge in [-0.1, -0.05) is 42.5 Å². The first-order chi connectivity index (χ1) is 6.90. The average Bonchev–Trinajstić information content (AvgIpc) is 2.30. The molecule has 0 N–H and O–H groups in total. The molecule has 0 aliphatic heterocycles. The Kier molecular flexibility index (Phi) is 4.39. The molecule has 0 nitrogen and oxygen atoms in total. The van der Waals surface area contributed by atoms with E-state index in [1.807, 2.05) is 42.5 Å². The SMILES string of the molecule is [Au+].[C-]#Cc1ccc(-c2ccccc2)cc1. The largest absolute Gasteiger partial charge is 1.00 e. The summed E-state index contributed by atoms with van der Waals surface area (Å²) in [4.78, 5) is 0. The molecule has 0 unspecified atom stereocenters. The number of hydrogen-bond acceptors (Lipinski definition) is 0. The Morgan fingerprint density at radius 1 is 0.733 bits per heavy atom. The van der Waals surface area contributed by atoms with Gasteiger partial charge in [0.1, 0.15) is 0 Å². The van der Waals surface area contributed by atoms with Crippen molar-refractivity contribution < 1.29 is 22.4 Å². The minimum Gasteiger partial charge on any atom is -0.366 e. The van der Waals surface area contributed by atoms with Gasteiger partial charge in [0.05, 0.1) is 0 Å². The molecule has 0 amide bonds. The Balaban J connectivity index is 0.00000112. The van der Waals surface area contributed by atoms with E-state index in [-0.39, 0.29) is 22.4 Å². The molecule has 0 aromatic heterocycles. The standard InChI is InChI=1S/C14H9.Au/c1-2-12-8-10-14(11-9-12)13-6-4-3-5-7-13;/h3-11H;/q-1;+1. The van der Waals surface area contributed by atoms with Crippen LogP contribution >= 0.6 is 0 Å². The molecule has 15 heavy (non-hydrogen) atoms. The zero-order valence-electron chi connectivity index (χ0n) is 8.00. The van der Waals surface area contributed by atoms with E-state index in [4.69, 9.17) is 6.42 Å². The van der Waals surface area contributed by atoms with Gasteiger partial charge in [-0.25, -0.2) is 0 Å². The van der Waals surface area contributed by atoms with Gasteiger partial charge in [-0.15, -0.1) is 17.7 Å². The van der Waals surface area contributed by atoms with E-state index >= 15 is 0 Å². The van der Waals surface area contributed by atoms with Crippen molar-refractivity contribution in [1.82, 2.24) is 0 Å². The normalized spacial score (nSPS) is 8.73. The minimum atomic E-state index is 0. The van der Waals surface area contributed by atoms with Crippen LogP contribution in [0.4, 0.5) is 0 Å². The van der Waals surface area contributed by atoms with Crippen molar-refractivity contribution in [3.05, 3.63) is 66.6 Å². The molecule has 0 aliphatic carbocycles. The summed E-state index contributed by atoms with van der Waals surface area (Å²) in [6.45, 7) is 0. The second-order valence-corrected chi connectivity index (χ2v) is 3.07. The third kappa shape index (κ3) is 2.84. The van der Waals surface area contributed by atoms with Crippen molar-refractivity contribution in [2.75, 3.05) is 0 Å². The molecule has 0 spiro atoms. The zero-order valence-corrected chi connectivity index (χ0v) is 10.2. The average molecular weight is 374 g/mol. The Bertz CT molecular complexity index is 449. The maximum Gasteiger partial charge on any atom is 1.00 e. The van der Waals surface area contributed by atoms with Crippen LogP contribution < -0.4 is 0 Å². The van der Waals surface area contributed by atoms with Gasteiger partial charge in [0.2, 0.25) is 0 Å². The molecule has 2 aromatic rings. The van der Waals surface area contributed by atoms with E-state index in [9.17, 15) is 0 Å². The second-order valence-electron chi connectivity index (χ2n) is 3.07. The molecule has 0 fully saturated rings. The number of hydrogen-bond donors (Lipinski definition) is 0. The molecular formula is C14H9Au. The Morgan fingerprint density at radius 3 is 1.80 bits per heavy atom. The van der Waals surface area contributed by atoms with E-state index < -0.39 is 0 Å². The number of rotatable bonds is 1. The summed E-state index contributed by atoms with van der Waals surface area (Å²) >= 11 is 0. The fraction of sp³-hybridized carbons (Fsp3) is 0. The summed E-state index contributed by atoms with van der Waals surface area (Å²) in [7, 11) is 0. The molecule has 0 radical (unpaired) electrons. The van der Waals surface area contributed by atoms with Crippen LogP contribution in [-0.2, 0) is 22.4 Å². The summed E-state index contributed by atoms with van der Waals surface area (Å²) in [5.74, 6) is 2.36. The van der Waals surface area contributed by atoms with E-state index in [1.165, 1.54) is 11.1 Å². The summed E-state index contributed by atoms with van der Waals surface area (Å²) in [5.41, 5.74) is 3.18. The predicted molar refractivity (Wildman–Crippen MR) is 58.1 cm³/mol. The van der Waals surface area contributed by atoms with Crippen LogP contribution in [0.15, 0.2) is 54.6 Å². The third-order valence-electron chi connectivity index (χ3n) is 2.14. The van der Waals surface area contributed by atoms with Crippen LogP contribution in [-0.4, -0.2) is 0 Å². The topological polar surface area (TPSA) is 0 Å².